The summed E-state index contributed by atoms with van der Waals surface area (Å²) >= 11 is 0. The summed E-state index contributed by atoms with van der Waals surface area (Å²) in [5.74, 6) is 0. The van der Waals surface area contributed by atoms with E-state index < -0.39 is 0 Å². The van der Waals surface area contributed by atoms with Crippen LogP contribution in [-0.4, -0.2) is 4.98 Å². The Hall–Kier alpha value is 0.320. The molecular weight excluding hydrogens is 302 g/mol. The molecule has 0 amide bonds. The molecule has 0 spiro atoms. The minimum absolute atomic E-state index is 0. The molecule has 8 heavy (non-hydrogen) atoms. The van der Waals surface area contributed by atoms with Gasteiger partial charge in [0.15, 0.2) is 0 Å². The minimum Gasteiger partial charge on any atom is -0.394 e. The summed E-state index contributed by atoms with van der Waals surface area (Å²) in [6, 6.07) is 5.50. The average molecular weight is 309 g/mol. The first-order valence-electron chi connectivity index (χ1n) is 1.77. The molecule has 0 fully saturated rings. The van der Waals surface area contributed by atoms with Gasteiger partial charge in [0.2, 0.25) is 0 Å². The molecule has 0 saturated carbocycles. The third-order valence-corrected chi connectivity index (χ3v) is 0.517. The van der Waals surface area contributed by atoms with E-state index in [4.69, 9.17) is 0 Å². The summed E-state index contributed by atoms with van der Waals surface area (Å²) in [4.78, 5) is 3.66. The molecule has 0 N–H and O–H groups in total. The van der Waals surface area contributed by atoms with Gasteiger partial charge in [0, 0.05) is 0 Å². The van der Waals surface area contributed by atoms with Gasteiger partial charge in [0.1, 0.15) is 0 Å². The number of nitrogens with zero attached hydrogens (tertiary/aromatic N) is 1. The van der Waals surface area contributed by atoms with E-state index in [0.717, 1.165) is 0 Å². The molecule has 1 rings (SSSR count). The van der Waals surface area contributed by atoms with E-state index in [2.05, 4.69) is 11.2 Å². The largest absolute Gasteiger partial charge is 1.00 e. The Labute approximate surface area is 68.0 Å². The van der Waals surface area contributed by atoms with Gasteiger partial charge in [-0.05, 0) is 0 Å². The third-order valence-electron chi connectivity index (χ3n) is 0.517. The predicted molar refractivity (Wildman–Crippen MR) is 34.2 cm³/mol. The molecule has 0 aliphatic rings. The number of hydrogen-bond acceptors (Lipinski definition) is 1. The third kappa shape index (κ3) is 4.48. The SMILES string of the molecule is P.[Au+].[c-]1ccccn1. The molecule has 0 radical (unpaired) electrons. The molecule has 1 heterocycles. The van der Waals surface area contributed by atoms with Crippen LogP contribution in [-0.2, 0) is 22.4 Å². The van der Waals surface area contributed by atoms with Crippen molar-refractivity contribution in [3.63, 3.8) is 0 Å². The molecule has 0 aromatic carbocycles. The second kappa shape index (κ2) is 7.32. The summed E-state index contributed by atoms with van der Waals surface area (Å²) in [6.45, 7) is 0. The van der Waals surface area contributed by atoms with Gasteiger partial charge < -0.3 is 4.98 Å². The molecule has 1 nitrogen and oxygen atoms in total. The van der Waals surface area contributed by atoms with Crippen LogP contribution in [0.25, 0.3) is 0 Å². The van der Waals surface area contributed by atoms with Crippen LogP contribution in [0.1, 0.15) is 0 Å². The van der Waals surface area contributed by atoms with Gasteiger partial charge in [-0.2, -0.15) is 28.1 Å². The number of rotatable bonds is 0. The van der Waals surface area contributed by atoms with Crippen molar-refractivity contribution in [3.05, 3.63) is 30.6 Å². The van der Waals surface area contributed by atoms with Gasteiger partial charge in [-0.3, -0.25) is 0 Å². The first-order chi connectivity index (χ1) is 3.00. The predicted octanol–water partition coefficient (Wildman–Crippen LogP) is 0.937. The van der Waals surface area contributed by atoms with Crippen molar-refractivity contribution < 1.29 is 22.4 Å². The molecule has 1 atom stereocenters. The van der Waals surface area contributed by atoms with E-state index >= 15 is 0 Å². The summed E-state index contributed by atoms with van der Waals surface area (Å²) in [5.41, 5.74) is 0. The molecule has 3 heteroatoms. The van der Waals surface area contributed by atoms with Gasteiger partial charge in [-0.1, -0.05) is 12.4 Å². The summed E-state index contributed by atoms with van der Waals surface area (Å²) < 4.78 is 0. The van der Waals surface area contributed by atoms with Gasteiger partial charge >= 0.3 is 22.4 Å². The van der Waals surface area contributed by atoms with Gasteiger partial charge in [0.05, 0.1) is 0 Å². The number of pyridine rings is 1. The van der Waals surface area contributed by atoms with Crippen LogP contribution in [0.15, 0.2) is 24.4 Å². The van der Waals surface area contributed by atoms with Crippen LogP contribution in [0, 0.1) is 6.20 Å². The van der Waals surface area contributed by atoms with E-state index in [0.29, 0.717) is 0 Å². The van der Waals surface area contributed by atoms with Crippen LogP contribution in [0.3, 0.4) is 0 Å². The van der Waals surface area contributed by atoms with E-state index in [1.54, 1.807) is 12.3 Å². The van der Waals surface area contributed by atoms with Gasteiger partial charge in [0.25, 0.3) is 0 Å². The van der Waals surface area contributed by atoms with Crippen molar-refractivity contribution in [3.8, 4) is 0 Å². The standard InChI is InChI=1S/C5H4N.Au.H3P/c1-2-4-6-5-3-1;;/h1-4H;;1H3/q-1;+1;. The van der Waals surface area contributed by atoms with Crippen LogP contribution in [0.4, 0.5) is 0 Å². The van der Waals surface area contributed by atoms with E-state index in [9.17, 15) is 0 Å². The van der Waals surface area contributed by atoms with Crippen molar-refractivity contribution in [2.24, 2.45) is 0 Å². The zero-order chi connectivity index (χ0) is 4.24. The Morgan fingerprint density at radius 1 is 1.25 bits per heavy atom. The minimum atomic E-state index is 0. The van der Waals surface area contributed by atoms with Gasteiger partial charge in [-0.25, -0.2) is 0 Å². The normalized spacial score (nSPS) is 6.00. The topological polar surface area (TPSA) is 12.9 Å². The maximum Gasteiger partial charge on any atom is 1.00 e. The van der Waals surface area contributed by atoms with Crippen LogP contribution < -0.4 is 0 Å². The molecule has 48 valence electrons. The first kappa shape index (κ1) is 11.2. The first-order valence-corrected chi connectivity index (χ1v) is 1.77. The van der Waals surface area contributed by atoms with Crippen molar-refractivity contribution >= 4 is 9.90 Å². The Kier molecular flexibility index (Phi) is 10.2. The fourth-order valence-electron chi connectivity index (χ4n) is 0.277. The molecule has 1 aromatic heterocycles. The summed E-state index contributed by atoms with van der Waals surface area (Å²) in [6.07, 6.45) is 4.34. The number of aromatic nitrogens is 1. The fraction of sp³-hybridized carbons (Fsp3) is 0. The van der Waals surface area contributed by atoms with Crippen molar-refractivity contribution in [2.45, 2.75) is 0 Å². The van der Waals surface area contributed by atoms with E-state index in [-0.39, 0.29) is 32.3 Å². The molecule has 0 aliphatic heterocycles. The monoisotopic (exact) mass is 309 g/mol. The maximum absolute atomic E-state index is 3.66. The molecule has 0 saturated heterocycles. The Morgan fingerprint density at radius 3 is 2.12 bits per heavy atom. The average Bonchev–Trinajstić information content (AvgIpc) is 1.72. The second-order valence-corrected chi connectivity index (χ2v) is 0.959. The quantitative estimate of drug-likeness (QED) is 0.395. The van der Waals surface area contributed by atoms with E-state index in [1.165, 1.54) is 0 Å². The van der Waals surface area contributed by atoms with Crippen LogP contribution in [0.2, 0.25) is 0 Å². The molecular formula is C5H7AuNP. The number of hydrogen-bond donors (Lipinski definition) is 0. The fourth-order valence-corrected chi connectivity index (χ4v) is 0.277. The zero-order valence-electron chi connectivity index (χ0n) is 4.27. The van der Waals surface area contributed by atoms with E-state index in [1.807, 2.05) is 12.1 Å². The molecule has 0 bridgehead atoms. The Bertz CT molecular complexity index is 84.4. The Balaban J connectivity index is 0. The van der Waals surface area contributed by atoms with Crippen molar-refractivity contribution in [1.29, 1.82) is 0 Å². The molecule has 1 unspecified atom stereocenters. The van der Waals surface area contributed by atoms with Gasteiger partial charge in [-0.15, -0.1) is 0 Å². The summed E-state index contributed by atoms with van der Waals surface area (Å²) in [5, 5.41) is 0. The Morgan fingerprint density at radius 2 is 2.00 bits per heavy atom. The van der Waals surface area contributed by atoms with Crippen LogP contribution >= 0.6 is 9.90 Å². The maximum atomic E-state index is 3.66. The molecule has 0 aliphatic carbocycles. The smallest absolute Gasteiger partial charge is 0.394 e. The van der Waals surface area contributed by atoms with Crippen LogP contribution in [0.5, 0.6) is 0 Å². The van der Waals surface area contributed by atoms with Crippen molar-refractivity contribution in [1.82, 2.24) is 4.98 Å². The molecule has 1 aromatic rings. The zero-order valence-corrected chi connectivity index (χ0v) is 7.85. The van der Waals surface area contributed by atoms with Crippen molar-refractivity contribution in [2.75, 3.05) is 0 Å². The summed E-state index contributed by atoms with van der Waals surface area (Å²) in [7, 11) is 0. The second-order valence-electron chi connectivity index (χ2n) is 0.959.